The van der Waals surface area contributed by atoms with Gasteiger partial charge in [-0.1, -0.05) is 20.3 Å². The molecule has 1 N–H and O–H groups in total. The minimum Gasteiger partial charge on any atom is -0.468 e. The van der Waals surface area contributed by atoms with Gasteiger partial charge >= 0.3 is 5.97 Å². The lowest BCUT2D eigenvalue weighted by atomic mass is 9.99. The fraction of sp³-hybridized carbons (Fsp3) is 0.933. The quantitative estimate of drug-likeness (QED) is 0.719. The summed E-state index contributed by atoms with van der Waals surface area (Å²) in [6.45, 7) is 6.36. The molecule has 0 bridgehead atoms. The Labute approximate surface area is 117 Å². The lowest BCUT2D eigenvalue weighted by Gasteiger charge is -2.33. The number of nitrogens with zero attached hydrogens (tertiary/aromatic N) is 1. The predicted molar refractivity (Wildman–Crippen MR) is 78.1 cm³/mol. The summed E-state index contributed by atoms with van der Waals surface area (Å²) in [7, 11) is 3.67. The van der Waals surface area contributed by atoms with E-state index >= 15 is 0 Å². The van der Waals surface area contributed by atoms with E-state index in [-0.39, 0.29) is 12.0 Å². The van der Waals surface area contributed by atoms with Crippen LogP contribution >= 0.6 is 0 Å². The number of carbonyl (C=O) groups excluding carboxylic acids is 1. The molecular weight excluding hydrogens is 240 g/mol. The van der Waals surface area contributed by atoms with Gasteiger partial charge in [0.15, 0.2) is 0 Å². The van der Waals surface area contributed by atoms with Crippen molar-refractivity contribution in [2.24, 2.45) is 5.92 Å². The molecule has 4 nitrogen and oxygen atoms in total. The van der Waals surface area contributed by atoms with E-state index in [1.54, 1.807) is 0 Å². The van der Waals surface area contributed by atoms with Crippen LogP contribution in [0.25, 0.3) is 0 Å². The number of piperidine rings is 1. The first-order valence-electron chi connectivity index (χ1n) is 7.56. The second-order valence-corrected chi connectivity index (χ2v) is 6.08. The number of rotatable bonds is 7. The number of carbonyl (C=O) groups is 1. The Morgan fingerprint density at radius 3 is 2.74 bits per heavy atom. The van der Waals surface area contributed by atoms with Crippen molar-refractivity contribution in [1.29, 1.82) is 0 Å². The zero-order valence-electron chi connectivity index (χ0n) is 12.9. The summed E-state index contributed by atoms with van der Waals surface area (Å²) < 4.78 is 4.87. The van der Waals surface area contributed by atoms with Crippen LogP contribution in [0.2, 0.25) is 0 Å². The number of esters is 1. The molecule has 19 heavy (non-hydrogen) atoms. The topological polar surface area (TPSA) is 41.6 Å². The van der Waals surface area contributed by atoms with Crippen molar-refractivity contribution in [2.45, 2.75) is 58.0 Å². The molecule has 1 fully saturated rings. The molecule has 2 unspecified atom stereocenters. The van der Waals surface area contributed by atoms with E-state index in [4.69, 9.17) is 4.74 Å². The fourth-order valence-electron chi connectivity index (χ4n) is 2.81. The zero-order chi connectivity index (χ0) is 14.3. The number of nitrogens with one attached hydrogen (secondary N) is 1. The van der Waals surface area contributed by atoms with Crippen LogP contribution in [0.4, 0.5) is 0 Å². The van der Waals surface area contributed by atoms with Crippen LogP contribution in [0.1, 0.15) is 46.0 Å². The highest BCUT2D eigenvalue weighted by Gasteiger charge is 2.22. The summed E-state index contributed by atoms with van der Waals surface area (Å²) in [5, 5.41) is 3.37. The van der Waals surface area contributed by atoms with Crippen molar-refractivity contribution >= 4 is 5.97 Å². The molecular formula is C15H30N2O2. The smallest absolute Gasteiger partial charge is 0.322 e. The average molecular weight is 270 g/mol. The van der Waals surface area contributed by atoms with Crippen molar-refractivity contribution in [1.82, 2.24) is 10.2 Å². The van der Waals surface area contributed by atoms with E-state index in [0.717, 1.165) is 19.4 Å². The first-order valence-corrected chi connectivity index (χ1v) is 7.56. The average Bonchev–Trinajstić information content (AvgIpc) is 2.38. The highest BCUT2D eigenvalue weighted by atomic mass is 16.5. The summed E-state index contributed by atoms with van der Waals surface area (Å²) >= 11 is 0. The number of ether oxygens (including phenoxy) is 1. The van der Waals surface area contributed by atoms with Crippen molar-refractivity contribution in [3.63, 3.8) is 0 Å². The first-order chi connectivity index (χ1) is 9.04. The molecule has 0 aromatic carbocycles. The highest BCUT2D eigenvalue weighted by molar-refractivity contribution is 5.75. The maximum Gasteiger partial charge on any atom is 0.322 e. The molecule has 0 aliphatic carbocycles. The van der Waals surface area contributed by atoms with Gasteiger partial charge in [0.1, 0.15) is 6.04 Å². The van der Waals surface area contributed by atoms with Gasteiger partial charge in [-0.25, -0.2) is 0 Å². The van der Waals surface area contributed by atoms with Gasteiger partial charge in [0, 0.05) is 6.04 Å². The fourth-order valence-corrected chi connectivity index (χ4v) is 2.81. The minimum atomic E-state index is -0.154. The third-order valence-electron chi connectivity index (χ3n) is 3.98. The molecule has 112 valence electrons. The number of hydrogen-bond acceptors (Lipinski definition) is 4. The molecule has 1 aliphatic rings. The highest BCUT2D eigenvalue weighted by Crippen LogP contribution is 2.17. The SMILES string of the molecule is COC(=O)C(CC(C)C)NCCC1CCCCN1C. The molecule has 0 aromatic heterocycles. The van der Waals surface area contributed by atoms with E-state index < -0.39 is 0 Å². The molecule has 1 heterocycles. The molecule has 0 radical (unpaired) electrons. The van der Waals surface area contributed by atoms with Crippen molar-refractivity contribution < 1.29 is 9.53 Å². The summed E-state index contributed by atoms with van der Waals surface area (Å²) in [5.74, 6) is 0.361. The first kappa shape index (κ1) is 16.4. The Hall–Kier alpha value is -0.610. The Morgan fingerprint density at radius 1 is 1.42 bits per heavy atom. The molecule has 0 spiro atoms. The third kappa shape index (κ3) is 5.91. The molecule has 0 aromatic rings. The van der Waals surface area contributed by atoms with Gasteiger partial charge in [-0.15, -0.1) is 0 Å². The van der Waals surface area contributed by atoms with E-state index in [9.17, 15) is 4.79 Å². The van der Waals surface area contributed by atoms with Crippen LogP contribution in [-0.4, -0.2) is 50.2 Å². The molecule has 0 amide bonds. The molecule has 1 saturated heterocycles. The van der Waals surface area contributed by atoms with Gasteiger partial charge in [-0.2, -0.15) is 0 Å². The van der Waals surface area contributed by atoms with Crippen molar-refractivity contribution in [3.8, 4) is 0 Å². The van der Waals surface area contributed by atoms with E-state index in [0.29, 0.717) is 12.0 Å². The summed E-state index contributed by atoms with van der Waals surface area (Å²) in [6.07, 6.45) is 5.89. The zero-order valence-corrected chi connectivity index (χ0v) is 12.9. The van der Waals surface area contributed by atoms with Crippen molar-refractivity contribution in [2.75, 3.05) is 27.2 Å². The van der Waals surface area contributed by atoms with Crippen LogP contribution in [0.3, 0.4) is 0 Å². The normalized spacial score (nSPS) is 22.5. The minimum absolute atomic E-state index is 0.134. The second kappa shape index (κ2) is 8.54. The molecule has 2 atom stereocenters. The summed E-state index contributed by atoms with van der Waals surface area (Å²) in [6, 6.07) is 0.512. The van der Waals surface area contributed by atoms with Gasteiger partial charge in [-0.3, -0.25) is 4.79 Å². The Bertz CT molecular complexity index is 269. The van der Waals surface area contributed by atoms with E-state index in [2.05, 4.69) is 31.1 Å². The van der Waals surface area contributed by atoms with Crippen LogP contribution < -0.4 is 5.32 Å². The summed E-state index contributed by atoms with van der Waals surface area (Å²) in [4.78, 5) is 14.1. The van der Waals surface area contributed by atoms with Crippen molar-refractivity contribution in [3.05, 3.63) is 0 Å². The van der Waals surface area contributed by atoms with Gasteiger partial charge < -0.3 is 15.0 Å². The van der Waals surface area contributed by atoms with Crippen LogP contribution in [-0.2, 0) is 9.53 Å². The summed E-state index contributed by atoms with van der Waals surface area (Å²) in [5.41, 5.74) is 0. The Morgan fingerprint density at radius 2 is 2.16 bits per heavy atom. The van der Waals surface area contributed by atoms with Crippen LogP contribution in [0, 0.1) is 5.92 Å². The number of likely N-dealkylation sites (tertiary alicyclic amines) is 1. The van der Waals surface area contributed by atoms with Gasteiger partial charge in [0.25, 0.3) is 0 Å². The van der Waals surface area contributed by atoms with Gasteiger partial charge in [-0.05, 0) is 51.7 Å². The van der Waals surface area contributed by atoms with E-state index in [1.165, 1.54) is 32.9 Å². The largest absolute Gasteiger partial charge is 0.468 e. The maximum absolute atomic E-state index is 11.7. The maximum atomic E-state index is 11.7. The predicted octanol–water partition coefficient (Wildman–Crippen LogP) is 2.04. The van der Waals surface area contributed by atoms with Crippen LogP contribution in [0.15, 0.2) is 0 Å². The molecule has 4 heteroatoms. The lowest BCUT2D eigenvalue weighted by Crippen LogP contribution is -2.43. The van der Waals surface area contributed by atoms with E-state index in [1.807, 2.05) is 0 Å². The lowest BCUT2D eigenvalue weighted by molar-refractivity contribution is -0.143. The molecule has 1 rings (SSSR count). The van der Waals surface area contributed by atoms with Gasteiger partial charge in [0.05, 0.1) is 7.11 Å². The number of methoxy groups -OCH3 is 1. The second-order valence-electron chi connectivity index (χ2n) is 6.08. The molecule has 1 aliphatic heterocycles. The number of hydrogen-bond donors (Lipinski definition) is 1. The van der Waals surface area contributed by atoms with Crippen LogP contribution in [0.5, 0.6) is 0 Å². The third-order valence-corrected chi connectivity index (χ3v) is 3.98. The Balaban J connectivity index is 2.32. The Kier molecular flexibility index (Phi) is 7.39. The van der Waals surface area contributed by atoms with Gasteiger partial charge in [0.2, 0.25) is 0 Å². The monoisotopic (exact) mass is 270 g/mol. The standard InChI is InChI=1S/C15H30N2O2/c1-12(2)11-14(15(18)19-4)16-9-8-13-7-5-6-10-17(13)3/h12-14,16H,5-11H2,1-4H3. The molecule has 0 saturated carbocycles.